The van der Waals surface area contributed by atoms with Gasteiger partial charge in [0.2, 0.25) is 0 Å². The molecular weight excluding hydrogens is 319 g/mol. The van der Waals surface area contributed by atoms with Gasteiger partial charge in [-0.3, -0.25) is 4.99 Å². The molecule has 24 heavy (non-hydrogen) atoms. The summed E-state index contributed by atoms with van der Waals surface area (Å²) >= 11 is 0. The lowest BCUT2D eigenvalue weighted by Crippen LogP contribution is -2.39. The SMILES string of the molecule is CCNC(=NCC1(c2ccc(OC)cc2)CC1)NCCC(F)(F)F. The first-order valence-electron chi connectivity index (χ1n) is 8.12. The Balaban J connectivity index is 1.96. The Kier molecular flexibility index (Phi) is 5.96. The summed E-state index contributed by atoms with van der Waals surface area (Å²) in [6.07, 6.45) is -2.97. The van der Waals surface area contributed by atoms with E-state index in [4.69, 9.17) is 4.74 Å². The third-order valence-corrected chi connectivity index (χ3v) is 4.14. The minimum absolute atomic E-state index is 0.00134. The number of benzene rings is 1. The average Bonchev–Trinajstić information content (AvgIpc) is 3.33. The molecule has 0 spiro atoms. The van der Waals surface area contributed by atoms with E-state index >= 15 is 0 Å². The summed E-state index contributed by atoms with van der Waals surface area (Å²) in [5.74, 6) is 1.24. The molecule has 1 aromatic carbocycles. The second kappa shape index (κ2) is 7.77. The molecule has 0 amide bonds. The molecule has 4 nitrogen and oxygen atoms in total. The predicted octanol–water partition coefficient (Wildman–Crippen LogP) is 3.23. The average molecular weight is 343 g/mol. The first-order chi connectivity index (χ1) is 11.4. The molecule has 2 rings (SSSR count). The van der Waals surface area contributed by atoms with E-state index in [-0.39, 0.29) is 12.0 Å². The fraction of sp³-hybridized carbons (Fsp3) is 0.588. The molecule has 0 atom stereocenters. The smallest absolute Gasteiger partial charge is 0.390 e. The Bertz CT molecular complexity index is 551. The summed E-state index contributed by atoms with van der Waals surface area (Å²) in [5, 5.41) is 5.74. The van der Waals surface area contributed by atoms with Gasteiger partial charge in [-0.1, -0.05) is 12.1 Å². The van der Waals surface area contributed by atoms with Gasteiger partial charge >= 0.3 is 6.18 Å². The molecule has 134 valence electrons. The maximum absolute atomic E-state index is 12.2. The van der Waals surface area contributed by atoms with Crippen molar-refractivity contribution in [3.63, 3.8) is 0 Å². The van der Waals surface area contributed by atoms with Crippen LogP contribution in [0.3, 0.4) is 0 Å². The highest BCUT2D eigenvalue weighted by molar-refractivity contribution is 5.79. The largest absolute Gasteiger partial charge is 0.497 e. The van der Waals surface area contributed by atoms with Gasteiger partial charge in [0.1, 0.15) is 5.75 Å². The number of aliphatic imine (C=N–C) groups is 1. The Hall–Kier alpha value is -1.92. The lowest BCUT2D eigenvalue weighted by molar-refractivity contribution is -0.132. The van der Waals surface area contributed by atoms with Crippen molar-refractivity contribution in [3.05, 3.63) is 29.8 Å². The van der Waals surface area contributed by atoms with Crippen LogP contribution >= 0.6 is 0 Å². The Labute approximate surface area is 140 Å². The van der Waals surface area contributed by atoms with Crippen LogP contribution in [0.15, 0.2) is 29.3 Å². The first kappa shape index (κ1) is 18.4. The lowest BCUT2D eigenvalue weighted by Gasteiger charge is -2.16. The number of alkyl halides is 3. The van der Waals surface area contributed by atoms with Crippen molar-refractivity contribution in [2.75, 3.05) is 26.7 Å². The van der Waals surface area contributed by atoms with Crippen molar-refractivity contribution < 1.29 is 17.9 Å². The highest BCUT2D eigenvalue weighted by Gasteiger charge is 2.44. The number of guanidine groups is 1. The summed E-state index contributed by atoms with van der Waals surface area (Å²) < 4.78 is 41.9. The molecule has 1 fully saturated rings. The fourth-order valence-electron chi connectivity index (χ4n) is 2.53. The van der Waals surface area contributed by atoms with Crippen molar-refractivity contribution >= 4 is 5.96 Å². The van der Waals surface area contributed by atoms with Crippen LogP contribution in [0.5, 0.6) is 5.75 Å². The molecule has 1 saturated carbocycles. The van der Waals surface area contributed by atoms with Gasteiger partial charge < -0.3 is 15.4 Å². The van der Waals surface area contributed by atoms with Gasteiger partial charge in [0.15, 0.2) is 5.96 Å². The number of hydrogen-bond acceptors (Lipinski definition) is 2. The first-order valence-corrected chi connectivity index (χ1v) is 8.12. The van der Waals surface area contributed by atoms with Crippen molar-refractivity contribution in [2.24, 2.45) is 4.99 Å². The Morgan fingerprint density at radius 2 is 1.88 bits per heavy atom. The van der Waals surface area contributed by atoms with Gasteiger partial charge in [0.05, 0.1) is 20.1 Å². The van der Waals surface area contributed by atoms with Crippen LogP contribution in [0.1, 0.15) is 31.7 Å². The normalized spacial score (nSPS) is 16.6. The monoisotopic (exact) mass is 343 g/mol. The van der Waals surface area contributed by atoms with E-state index in [1.165, 1.54) is 5.56 Å². The Morgan fingerprint density at radius 3 is 2.38 bits per heavy atom. The number of rotatable bonds is 7. The lowest BCUT2D eigenvalue weighted by atomic mass is 9.96. The molecule has 2 N–H and O–H groups in total. The van der Waals surface area contributed by atoms with Crippen LogP contribution in [-0.2, 0) is 5.41 Å². The minimum Gasteiger partial charge on any atom is -0.497 e. The number of nitrogens with one attached hydrogen (secondary N) is 2. The van der Waals surface area contributed by atoms with E-state index in [9.17, 15) is 13.2 Å². The van der Waals surface area contributed by atoms with E-state index in [1.54, 1.807) is 7.11 Å². The van der Waals surface area contributed by atoms with Gasteiger partial charge in [0.25, 0.3) is 0 Å². The molecule has 0 bridgehead atoms. The van der Waals surface area contributed by atoms with E-state index < -0.39 is 12.6 Å². The number of nitrogens with zero attached hydrogens (tertiary/aromatic N) is 1. The second-order valence-corrected chi connectivity index (χ2v) is 6.00. The van der Waals surface area contributed by atoms with Crippen molar-refractivity contribution in [1.29, 1.82) is 0 Å². The van der Waals surface area contributed by atoms with Crippen LogP contribution in [0.25, 0.3) is 0 Å². The third-order valence-electron chi connectivity index (χ3n) is 4.14. The van der Waals surface area contributed by atoms with E-state index in [0.717, 1.165) is 18.6 Å². The van der Waals surface area contributed by atoms with Crippen molar-refractivity contribution in [1.82, 2.24) is 10.6 Å². The number of hydrogen-bond donors (Lipinski definition) is 2. The zero-order valence-electron chi connectivity index (χ0n) is 14.0. The summed E-state index contributed by atoms with van der Waals surface area (Å²) in [6, 6.07) is 7.91. The van der Waals surface area contributed by atoms with Gasteiger partial charge in [-0.15, -0.1) is 0 Å². The zero-order valence-corrected chi connectivity index (χ0v) is 14.0. The molecule has 0 aliphatic heterocycles. The van der Waals surface area contributed by atoms with Crippen LogP contribution < -0.4 is 15.4 Å². The molecule has 1 aromatic rings. The van der Waals surface area contributed by atoms with Gasteiger partial charge in [0, 0.05) is 18.5 Å². The van der Waals surface area contributed by atoms with Crippen LogP contribution in [0.2, 0.25) is 0 Å². The van der Waals surface area contributed by atoms with Gasteiger partial charge in [-0.2, -0.15) is 13.2 Å². The quantitative estimate of drug-likeness (QED) is 0.590. The number of halogens is 3. The topological polar surface area (TPSA) is 45.7 Å². The molecule has 7 heteroatoms. The predicted molar refractivity (Wildman–Crippen MR) is 88.6 cm³/mol. The summed E-state index contributed by atoms with van der Waals surface area (Å²) in [6.45, 7) is 2.87. The van der Waals surface area contributed by atoms with Gasteiger partial charge in [-0.25, -0.2) is 0 Å². The molecule has 0 unspecified atom stereocenters. The molecule has 1 aliphatic rings. The van der Waals surface area contributed by atoms with Crippen LogP contribution in [0.4, 0.5) is 13.2 Å². The van der Waals surface area contributed by atoms with Crippen molar-refractivity contribution in [3.8, 4) is 5.75 Å². The second-order valence-electron chi connectivity index (χ2n) is 6.00. The summed E-state index contributed by atoms with van der Waals surface area (Å²) in [5.41, 5.74) is 1.19. The minimum atomic E-state index is -4.16. The molecule has 1 aliphatic carbocycles. The Morgan fingerprint density at radius 1 is 1.21 bits per heavy atom. The molecule has 0 aromatic heterocycles. The van der Waals surface area contributed by atoms with Crippen molar-refractivity contribution in [2.45, 2.75) is 37.8 Å². The fourth-order valence-corrected chi connectivity index (χ4v) is 2.53. The van der Waals surface area contributed by atoms with Crippen LogP contribution in [0, 0.1) is 0 Å². The molecule has 0 radical (unpaired) electrons. The summed E-state index contributed by atoms with van der Waals surface area (Å²) in [4.78, 5) is 4.48. The van der Waals surface area contributed by atoms with E-state index in [2.05, 4.69) is 15.6 Å². The maximum Gasteiger partial charge on any atom is 0.390 e. The van der Waals surface area contributed by atoms with E-state index in [1.807, 2.05) is 31.2 Å². The third kappa shape index (κ3) is 5.32. The summed E-state index contributed by atoms with van der Waals surface area (Å²) in [7, 11) is 1.63. The zero-order chi connectivity index (χ0) is 17.6. The van der Waals surface area contributed by atoms with E-state index in [0.29, 0.717) is 19.0 Å². The molecular formula is C17H24F3N3O. The van der Waals surface area contributed by atoms with Gasteiger partial charge in [-0.05, 0) is 37.5 Å². The number of methoxy groups -OCH3 is 1. The highest BCUT2D eigenvalue weighted by Crippen LogP contribution is 2.48. The molecule has 0 heterocycles. The van der Waals surface area contributed by atoms with Crippen LogP contribution in [-0.4, -0.2) is 38.9 Å². The maximum atomic E-state index is 12.2. The standard InChI is InChI=1S/C17H24F3N3O/c1-3-21-15(22-11-10-17(18,19)20)23-12-16(8-9-16)13-4-6-14(24-2)7-5-13/h4-7H,3,8-12H2,1-2H3,(H2,21,22,23). The number of ether oxygens (including phenoxy) is 1. The highest BCUT2D eigenvalue weighted by atomic mass is 19.4. The molecule has 0 saturated heterocycles.